The lowest BCUT2D eigenvalue weighted by Gasteiger charge is -2.10. The number of H-pyrrole nitrogens is 1. The highest BCUT2D eigenvalue weighted by Gasteiger charge is 2.07. The fourth-order valence-corrected chi connectivity index (χ4v) is 1.92. The number of carboxylic acid groups (broad SMARTS) is 1. The van der Waals surface area contributed by atoms with Crippen LogP contribution in [0.2, 0.25) is 0 Å². The van der Waals surface area contributed by atoms with Gasteiger partial charge in [0.05, 0.1) is 25.8 Å². The molecule has 7 heteroatoms. The van der Waals surface area contributed by atoms with Gasteiger partial charge in [0, 0.05) is 12.5 Å². The van der Waals surface area contributed by atoms with Crippen LogP contribution in [0.4, 0.5) is 0 Å². The first-order valence-corrected chi connectivity index (χ1v) is 6.65. The number of nitrogens with one attached hydrogen (secondary N) is 1. The lowest BCUT2D eigenvalue weighted by molar-refractivity contribution is -0.136. The molecule has 116 valence electrons. The van der Waals surface area contributed by atoms with Crippen LogP contribution in [-0.4, -0.2) is 34.8 Å². The predicted octanol–water partition coefficient (Wildman–Crippen LogP) is 1.03. The van der Waals surface area contributed by atoms with Gasteiger partial charge in [0.25, 0.3) is 5.56 Å². The zero-order chi connectivity index (χ0) is 15.9. The van der Waals surface area contributed by atoms with Crippen LogP contribution in [0, 0.1) is 0 Å². The minimum atomic E-state index is -1.03. The van der Waals surface area contributed by atoms with Gasteiger partial charge in [0.1, 0.15) is 5.82 Å². The van der Waals surface area contributed by atoms with E-state index in [9.17, 15) is 9.59 Å². The molecule has 0 amide bonds. The molecule has 0 bridgehead atoms. The molecule has 0 aliphatic carbocycles. The summed E-state index contributed by atoms with van der Waals surface area (Å²) in [6.07, 6.45) is 0.0605. The van der Waals surface area contributed by atoms with Crippen molar-refractivity contribution < 1.29 is 19.4 Å². The molecule has 0 saturated carbocycles. The zero-order valence-electron chi connectivity index (χ0n) is 12.0. The first-order chi connectivity index (χ1) is 10.6. The third-order valence-corrected chi connectivity index (χ3v) is 2.84. The molecule has 2 N–H and O–H groups in total. The number of hydrogen-bond acceptors (Lipinski definition) is 5. The summed E-state index contributed by atoms with van der Waals surface area (Å²) in [5, 5.41) is 8.74. The van der Waals surface area contributed by atoms with Crippen LogP contribution in [0.15, 0.2) is 35.1 Å². The van der Waals surface area contributed by atoms with Gasteiger partial charge in [-0.2, -0.15) is 0 Å². The number of methoxy groups -OCH3 is 1. The number of rotatable bonds is 7. The Hall–Kier alpha value is -2.83. The van der Waals surface area contributed by atoms with Crippen molar-refractivity contribution in [2.24, 2.45) is 0 Å². The second-order valence-corrected chi connectivity index (χ2v) is 4.50. The van der Waals surface area contributed by atoms with Crippen molar-refractivity contribution in [3.8, 4) is 11.5 Å². The topological polar surface area (TPSA) is 102 Å². The Morgan fingerprint density at radius 3 is 2.73 bits per heavy atom. The minimum Gasteiger partial charge on any atom is -0.493 e. The van der Waals surface area contributed by atoms with Gasteiger partial charge in [0.2, 0.25) is 0 Å². The summed E-state index contributed by atoms with van der Waals surface area (Å²) in [6.45, 7) is 0.278. The summed E-state index contributed by atoms with van der Waals surface area (Å²) >= 11 is 0. The smallest absolute Gasteiger partial charge is 0.309 e. The molecule has 1 aromatic carbocycles. The third-order valence-electron chi connectivity index (χ3n) is 2.84. The van der Waals surface area contributed by atoms with E-state index in [0.29, 0.717) is 23.7 Å². The van der Waals surface area contributed by atoms with Crippen LogP contribution in [0.3, 0.4) is 0 Å². The molecule has 0 saturated heterocycles. The molecule has 0 fully saturated rings. The predicted molar refractivity (Wildman–Crippen MR) is 78.4 cm³/mol. The summed E-state index contributed by atoms with van der Waals surface area (Å²) in [6, 6.07) is 8.39. The molecular formula is C15H16N2O5. The molecule has 22 heavy (non-hydrogen) atoms. The normalized spacial score (nSPS) is 10.2. The Bertz CT molecular complexity index is 711. The number of carboxylic acids is 1. The monoisotopic (exact) mass is 304 g/mol. The molecule has 1 aromatic heterocycles. The molecule has 0 unspecified atom stereocenters. The van der Waals surface area contributed by atoms with Crippen LogP contribution in [0.1, 0.15) is 11.5 Å². The van der Waals surface area contributed by atoms with Gasteiger partial charge in [0.15, 0.2) is 11.5 Å². The van der Waals surface area contributed by atoms with Crippen LogP contribution in [0.5, 0.6) is 11.5 Å². The van der Waals surface area contributed by atoms with Crippen molar-refractivity contribution >= 4 is 5.97 Å². The lowest BCUT2D eigenvalue weighted by Crippen LogP contribution is -2.16. The van der Waals surface area contributed by atoms with Gasteiger partial charge in [-0.1, -0.05) is 12.1 Å². The fraction of sp³-hybridized carbons (Fsp3) is 0.267. The molecule has 0 radical (unpaired) electrons. The third kappa shape index (κ3) is 4.34. The molecule has 0 aliphatic heterocycles. The summed E-state index contributed by atoms with van der Waals surface area (Å²) in [5.41, 5.74) is -0.151. The van der Waals surface area contributed by atoms with E-state index in [1.807, 2.05) is 12.1 Å². The molecule has 0 spiro atoms. The maximum atomic E-state index is 11.5. The van der Waals surface area contributed by atoms with Gasteiger partial charge in [-0.15, -0.1) is 0 Å². The van der Waals surface area contributed by atoms with Gasteiger partial charge >= 0.3 is 5.97 Å². The van der Waals surface area contributed by atoms with Crippen molar-refractivity contribution in [3.63, 3.8) is 0 Å². The molecule has 1 heterocycles. The van der Waals surface area contributed by atoms with Gasteiger partial charge in [-0.25, -0.2) is 4.98 Å². The molecule has 2 rings (SSSR count). The Morgan fingerprint density at radius 1 is 1.32 bits per heavy atom. The summed E-state index contributed by atoms with van der Waals surface area (Å²) in [7, 11) is 1.55. The highest BCUT2D eigenvalue weighted by atomic mass is 16.5. The molecule has 0 aliphatic rings. The average Bonchev–Trinajstić information content (AvgIpc) is 2.46. The van der Waals surface area contributed by atoms with Crippen LogP contribution in [-0.2, 0) is 17.6 Å². The summed E-state index contributed by atoms with van der Waals surface area (Å²) in [5.74, 6) is 0.561. The van der Waals surface area contributed by atoms with Crippen LogP contribution in [0.25, 0.3) is 0 Å². The molecule has 7 nitrogen and oxygen atoms in total. The molecular weight excluding hydrogens is 288 g/mol. The standard InChI is InChI=1S/C15H16N2O5/c1-21-11-4-2-3-5-12(11)22-7-6-13-16-10(9-15(19)20)8-14(18)17-13/h2-5,8H,6-7,9H2,1H3,(H,19,20)(H,16,17,18). The number of ether oxygens (including phenoxy) is 2. The van der Waals surface area contributed by atoms with Crippen LogP contribution < -0.4 is 15.0 Å². The maximum Gasteiger partial charge on any atom is 0.309 e. The number of para-hydroxylation sites is 2. The largest absolute Gasteiger partial charge is 0.493 e. The van der Waals surface area contributed by atoms with E-state index >= 15 is 0 Å². The lowest BCUT2D eigenvalue weighted by atomic mass is 10.3. The number of carbonyl (C=O) groups is 1. The van der Waals surface area contributed by atoms with E-state index in [0.717, 1.165) is 0 Å². The van der Waals surface area contributed by atoms with E-state index in [1.54, 1.807) is 19.2 Å². The molecule has 2 aromatic rings. The second kappa shape index (κ2) is 7.26. The number of aromatic nitrogens is 2. The van der Waals surface area contributed by atoms with Crippen molar-refractivity contribution in [2.75, 3.05) is 13.7 Å². The fourth-order valence-electron chi connectivity index (χ4n) is 1.92. The summed E-state index contributed by atoms with van der Waals surface area (Å²) < 4.78 is 10.8. The van der Waals surface area contributed by atoms with Crippen LogP contribution >= 0.6 is 0 Å². The van der Waals surface area contributed by atoms with Gasteiger partial charge in [-0.3, -0.25) is 9.59 Å². The van der Waals surface area contributed by atoms with Crippen molar-refractivity contribution in [2.45, 2.75) is 12.8 Å². The Morgan fingerprint density at radius 2 is 2.05 bits per heavy atom. The maximum absolute atomic E-state index is 11.5. The van der Waals surface area contributed by atoms with E-state index in [-0.39, 0.29) is 24.3 Å². The minimum absolute atomic E-state index is 0.226. The first kappa shape index (κ1) is 15.6. The quantitative estimate of drug-likeness (QED) is 0.792. The Kier molecular flexibility index (Phi) is 5.13. The van der Waals surface area contributed by atoms with Gasteiger partial charge in [-0.05, 0) is 12.1 Å². The van der Waals surface area contributed by atoms with Crippen molar-refractivity contribution in [1.29, 1.82) is 0 Å². The Balaban J connectivity index is 2.01. The number of hydrogen-bond donors (Lipinski definition) is 2. The van der Waals surface area contributed by atoms with E-state index in [1.165, 1.54) is 6.07 Å². The second-order valence-electron chi connectivity index (χ2n) is 4.50. The van der Waals surface area contributed by atoms with E-state index in [4.69, 9.17) is 14.6 Å². The number of benzene rings is 1. The number of aliphatic carboxylic acids is 1. The average molecular weight is 304 g/mol. The van der Waals surface area contributed by atoms with E-state index in [2.05, 4.69) is 9.97 Å². The van der Waals surface area contributed by atoms with Gasteiger partial charge < -0.3 is 19.6 Å². The number of aromatic amines is 1. The van der Waals surface area contributed by atoms with E-state index < -0.39 is 5.97 Å². The van der Waals surface area contributed by atoms with Crippen molar-refractivity contribution in [3.05, 3.63) is 52.2 Å². The SMILES string of the molecule is COc1ccccc1OCCc1nc(CC(=O)O)cc(=O)[nH]1. The van der Waals surface area contributed by atoms with Crippen molar-refractivity contribution in [1.82, 2.24) is 9.97 Å². The molecule has 0 atom stereocenters. The number of nitrogens with zero attached hydrogens (tertiary/aromatic N) is 1. The highest BCUT2D eigenvalue weighted by molar-refractivity contribution is 5.69. The first-order valence-electron chi connectivity index (χ1n) is 6.65. The highest BCUT2D eigenvalue weighted by Crippen LogP contribution is 2.25. The summed E-state index contributed by atoms with van der Waals surface area (Å²) in [4.78, 5) is 28.8. The zero-order valence-corrected chi connectivity index (χ0v) is 12.0. The Labute approximate surface area is 126 Å².